The zero-order valence-corrected chi connectivity index (χ0v) is 7.94. The molecule has 13 heavy (non-hydrogen) atoms. The highest BCUT2D eigenvalue weighted by molar-refractivity contribution is 5.14. The Kier molecular flexibility index (Phi) is 4.33. The summed E-state index contributed by atoms with van der Waals surface area (Å²) in [7, 11) is 0. The summed E-state index contributed by atoms with van der Waals surface area (Å²) in [5, 5.41) is 9.56. The molecule has 0 saturated heterocycles. The van der Waals surface area contributed by atoms with Gasteiger partial charge in [0.25, 0.3) is 0 Å². The second-order valence-electron chi connectivity index (χ2n) is 3.07. The van der Waals surface area contributed by atoms with E-state index in [1.165, 1.54) is 12.8 Å². The Balaban J connectivity index is 2.33. The van der Waals surface area contributed by atoms with E-state index in [9.17, 15) is 5.11 Å². The van der Waals surface area contributed by atoms with Crippen molar-refractivity contribution in [3.63, 3.8) is 0 Å². The average Bonchev–Trinajstić information content (AvgIpc) is 2.65. The van der Waals surface area contributed by atoms with E-state index in [0.717, 1.165) is 12.0 Å². The summed E-state index contributed by atoms with van der Waals surface area (Å²) in [6.45, 7) is 2.15. The molecule has 1 rings (SSSR count). The van der Waals surface area contributed by atoms with Crippen molar-refractivity contribution in [3.8, 4) is 0 Å². The first-order valence-electron chi connectivity index (χ1n) is 4.71. The third-order valence-electron chi connectivity index (χ3n) is 1.93. The Bertz CT molecular complexity index is 237. The normalized spacial score (nSPS) is 13.7. The van der Waals surface area contributed by atoms with Crippen LogP contribution in [0.5, 0.6) is 0 Å². The first-order chi connectivity index (χ1) is 6.34. The van der Waals surface area contributed by atoms with Crippen LogP contribution in [0.3, 0.4) is 0 Å². The monoisotopic (exact) mass is 180 g/mol. The topological polar surface area (TPSA) is 33.4 Å². The molecule has 1 unspecified atom stereocenters. The second kappa shape index (κ2) is 5.60. The summed E-state index contributed by atoms with van der Waals surface area (Å²) in [6.07, 6.45) is 9.83. The van der Waals surface area contributed by atoms with Gasteiger partial charge >= 0.3 is 0 Å². The van der Waals surface area contributed by atoms with E-state index >= 15 is 0 Å². The van der Waals surface area contributed by atoms with Gasteiger partial charge in [-0.2, -0.15) is 0 Å². The van der Waals surface area contributed by atoms with Crippen LogP contribution in [0.1, 0.15) is 37.9 Å². The van der Waals surface area contributed by atoms with Crippen LogP contribution < -0.4 is 0 Å². The minimum Gasteiger partial charge on any atom is -0.472 e. The molecule has 0 aromatic carbocycles. The van der Waals surface area contributed by atoms with Crippen LogP contribution in [0.4, 0.5) is 0 Å². The molecule has 1 aromatic heterocycles. The van der Waals surface area contributed by atoms with Gasteiger partial charge in [0.05, 0.1) is 12.5 Å². The zero-order valence-electron chi connectivity index (χ0n) is 7.94. The van der Waals surface area contributed by atoms with Gasteiger partial charge in [0, 0.05) is 5.56 Å². The van der Waals surface area contributed by atoms with Crippen LogP contribution in [0, 0.1) is 0 Å². The van der Waals surface area contributed by atoms with Gasteiger partial charge in [-0.25, -0.2) is 0 Å². The van der Waals surface area contributed by atoms with E-state index in [4.69, 9.17) is 4.42 Å². The maximum absolute atomic E-state index is 9.56. The minimum absolute atomic E-state index is 0.518. The van der Waals surface area contributed by atoms with E-state index in [1.54, 1.807) is 24.7 Å². The van der Waals surface area contributed by atoms with Crippen molar-refractivity contribution in [1.82, 2.24) is 0 Å². The molecule has 0 fully saturated rings. The van der Waals surface area contributed by atoms with Crippen molar-refractivity contribution < 1.29 is 9.52 Å². The smallest absolute Gasteiger partial charge is 0.100 e. The molecule has 0 amide bonds. The van der Waals surface area contributed by atoms with Crippen molar-refractivity contribution in [3.05, 3.63) is 36.3 Å². The number of unbranched alkanes of at least 4 members (excludes halogenated alkanes) is 2. The van der Waals surface area contributed by atoms with E-state index < -0.39 is 6.10 Å². The summed E-state index contributed by atoms with van der Waals surface area (Å²) < 4.78 is 4.87. The molecule has 2 heteroatoms. The van der Waals surface area contributed by atoms with Gasteiger partial charge in [-0.1, -0.05) is 31.9 Å². The molecule has 72 valence electrons. The molecule has 1 atom stereocenters. The van der Waals surface area contributed by atoms with E-state index in [-0.39, 0.29) is 0 Å². The summed E-state index contributed by atoms with van der Waals surface area (Å²) >= 11 is 0. The Morgan fingerprint density at radius 2 is 2.46 bits per heavy atom. The average molecular weight is 180 g/mol. The third-order valence-corrected chi connectivity index (χ3v) is 1.93. The van der Waals surface area contributed by atoms with E-state index in [2.05, 4.69) is 6.92 Å². The number of aliphatic hydroxyl groups excluding tert-OH is 1. The van der Waals surface area contributed by atoms with Crippen molar-refractivity contribution in [2.45, 2.75) is 32.3 Å². The second-order valence-corrected chi connectivity index (χ2v) is 3.07. The Labute approximate surface area is 78.9 Å². The molecule has 0 aliphatic rings. The first-order valence-corrected chi connectivity index (χ1v) is 4.71. The molecule has 2 nitrogen and oxygen atoms in total. The van der Waals surface area contributed by atoms with Crippen molar-refractivity contribution in [2.24, 2.45) is 0 Å². The minimum atomic E-state index is -0.518. The first kappa shape index (κ1) is 10.1. The lowest BCUT2D eigenvalue weighted by molar-refractivity contribution is 0.227. The molecular weight excluding hydrogens is 164 g/mol. The summed E-state index contributed by atoms with van der Waals surface area (Å²) in [6, 6.07) is 1.77. The third kappa shape index (κ3) is 3.47. The number of allylic oxidation sites excluding steroid dienone is 1. The fraction of sp³-hybridized carbons (Fsp3) is 0.455. The molecule has 0 bridgehead atoms. The maximum Gasteiger partial charge on any atom is 0.100 e. The van der Waals surface area contributed by atoms with Crippen LogP contribution in [-0.4, -0.2) is 5.11 Å². The van der Waals surface area contributed by atoms with Gasteiger partial charge in [0.1, 0.15) is 6.10 Å². The van der Waals surface area contributed by atoms with E-state index in [1.807, 2.05) is 6.08 Å². The quantitative estimate of drug-likeness (QED) is 0.558. The van der Waals surface area contributed by atoms with Gasteiger partial charge in [0.2, 0.25) is 0 Å². The van der Waals surface area contributed by atoms with Gasteiger partial charge in [-0.05, 0) is 12.5 Å². The molecule has 1 aromatic rings. The Hall–Kier alpha value is -1.02. The number of hydrogen-bond acceptors (Lipinski definition) is 2. The Morgan fingerprint density at radius 3 is 3.08 bits per heavy atom. The highest BCUT2D eigenvalue weighted by atomic mass is 16.3. The van der Waals surface area contributed by atoms with Crippen LogP contribution in [0.25, 0.3) is 0 Å². The molecule has 0 radical (unpaired) electrons. The van der Waals surface area contributed by atoms with Gasteiger partial charge in [0.15, 0.2) is 0 Å². The standard InChI is InChI=1S/C11H16O2/c1-2-3-4-5-6-11(12)10-7-8-13-9-10/h5-9,11-12H,2-4H2,1H3/b6-5+. The number of rotatable bonds is 5. The fourth-order valence-electron chi connectivity index (χ4n) is 1.10. The number of aliphatic hydroxyl groups is 1. The lowest BCUT2D eigenvalue weighted by Gasteiger charge is -1.99. The van der Waals surface area contributed by atoms with Crippen LogP contribution in [0.2, 0.25) is 0 Å². The van der Waals surface area contributed by atoms with Crippen molar-refractivity contribution in [1.29, 1.82) is 0 Å². The highest BCUT2D eigenvalue weighted by Crippen LogP contribution is 2.14. The molecule has 1 N–H and O–H groups in total. The lowest BCUT2D eigenvalue weighted by atomic mass is 10.1. The van der Waals surface area contributed by atoms with Crippen molar-refractivity contribution in [2.75, 3.05) is 0 Å². The number of hydrogen-bond donors (Lipinski definition) is 1. The number of furan rings is 1. The Morgan fingerprint density at radius 1 is 1.62 bits per heavy atom. The highest BCUT2D eigenvalue weighted by Gasteiger charge is 2.02. The molecular formula is C11H16O2. The van der Waals surface area contributed by atoms with Crippen molar-refractivity contribution >= 4 is 0 Å². The SMILES string of the molecule is CCCC/C=C/C(O)c1ccoc1. The lowest BCUT2D eigenvalue weighted by Crippen LogP contribution is -1.89. The molecule has 0 aliphatic heterocycles. The fourth-order valence-corrected chi connectivity index (χ4v) is 1.10. The zero-order chi connectivity index (χ0) is 9.52. The summed E-state index contributed by atoms with van der Waals surface area (Å²) in [5.74, 6) is 0. The predicted molar refractivity (Wildman–Crippen MR) is 52.3 cm³/mol. The van der Waals surface area contributed by atoms with Crippen LogP contribution in [0.15, 0.2) is 35.2 Å². The van der Waals surface area contributed by atoms with Crippen LogP contribution in [-0.2, 0) is 0 Å². The van der Waals surface area contributed by atoms with Crippen LogP contribution >= 0.6 is 0 Å². The molecule has 0 saturated carbocycles. The maximum atomic E-state index is 9.56. The van der Waals surface area contributed by atoms with Gasteiger partial charge < -0.3 is 9.52 Å². The summed E-state index contributed by atoms with van der Waals surface area (Å²) in [4.78, 5) is 0. The predicted octanol–water partition coefficient (Wildman–Crippen LogP) is 3.06. The molecule has 0 spiro atoms. The van der Waals surface area contributed by atoms with Gasteiger partial charge in [-0.15, -0.1) is 0 Å². The van der Waals surface area contributed by atoms with Gasteiger partial charge in [-0.3, -0.25) is 0 Å². The largest absolute Gasteiger partial charge is 0.472 e. The summed E-state index contributed by atoms with van der Waals surface area (Å²) in [5.41, 5.74) is 0.813. The molecule has 0 aliphatic carbocycles. The van der Waals surface area contributed by atoms with E-state index in [0.29, 0.717) is 0 Å². The molecule has 1 heterocycles.